The van der Waals surface area contributed by atoms with Gasteiger partial charge in [-0.05, 0) is 37.1 Å². The largest absolute Gasteiger partial charge is 0.341 e. The molecule has 2 N–H and O–H groups in total. The number of nitrogens with one attached hydrogen (secondary N) is 2. The lowest BCUT2D eigenvalue weighted by molar-refractivity contribution is -0.117. The molecular formula is C12H16N2O2S. The maximum atomic E-state index is 11.3. The van der Waals surface area contributed by atoms with Gasteiger partial charge in [-0.15, -0.1) is 11.8 Å². The van der Waals surface area contributed by atoms with Crippen molar-refractivity contribution in [3.8, 4) is 0 Å². The summed E-state index contributed by atoms with van der Waals surface area (Å²) in [6.45, 7) is 4.08. The fourth-order valence-electron chi connectivity index (χ4n) is 1.18. The van der Waals surface area contributed by atoms with Crippen molar-refractivity contribution < 1.29 is 9.59 Å². The van der Waals surface area contributed by atoms with Gasteiger partial charge < -0.3 is 5.32 Å². The van der Waals surface area contributed by atoms with Gasteiger partial charge in [0.2, 0.25) is 5.91 Å². The Morgan fingerprint density at radius 3 is 2.53 bits per heavy atom. The highest BCUT2D eigenvalue weighted by Gasteiger charge is 2.06. The third-order valence-corrected chi connectivity index (χ3v) is 3.32. The molecule has 1 aromatic carbocycles. The van der Waals surface area contributed by atoms with Crippen molar-refractivity contribution in [2.75, 3.05) is 12.8 Å². The van der Waals surface area contributed by atoms with E-state index < -0.39 is 6.03 Å². The molecule has 0 aromatic heterocycles. The summed E-state index contributed by atoms with van der Waals surface area (Å²) in [4.78, 5) is 23.3. The van der Waals surface area contributed by atoms with Crippen LogP contribution in [-0.4, -0.2) is 24.7 Å². The Labute approximate surface area is 105 Å². The van der Waals surface area contributed by atoms with E-state index in [0.717, 1.165) is 4.90 Å². The lowest BCUT2D eigenvalue weighted by Gasteiger charge is -2.05. The Balaban J connectivity index is 2.47. The molecule has 0 saturated heterocycles. The van der Waals surface area contributed by atoms with Crippen molar-refractivity contribution in [2.45, 2.75) is 18.7 Å². The third-order valence-electron chi connectivity index (χ3n) is 2.33. The van der Waals surface area contributed by atoms with Gasteiger partial charge in [-0.1, -0.05) is 6.07 Å². The summed E-state index contributed by atoms with van der Waals surface area (Å²) >= 11 is 1.41. The summed E-state index contributed by atoms with van der Waals surface area (Å²) in [5.41, 5.74) is 2.42. The second-order valence-electron chi connectivity index (χ2n) is 3.66. The number of hydrogen-bond donors (Lipinski definition) is 2. The normalized spacial score (nSPS) is 9.82. The monoisotopic (exact) mass is 252 g/mol. The van der Waals surface area contributed by atoms with Gasteiger partial charge >= 0.3 is 6.03 Å². The van der Waals surface area contributed by atoms with Gasteiger partial charge in [-0.3, -0.25) is 10.1 Å². The van der Waals surface area contributed by atoms with Crippen LogP contribution in [0.15, 0.2) is 23.1 Å². The first kappa shape index (κ1) is 13.6. The average Bonchev–Trinajstić information content (AvgIpc) is 2.30. The van der Waals surface area contributed by atoms with E-state index in [1.54, 1.807) is 0 Å². The topological polar surface area (TPSA) is 58.2 Å². The fraction of sp³-hybridized carbons (Fsp3) is 0.333. The number of thioether (sulfide) groups is 1. The molecule has 0 heterocycles. The predicted molar refractivity (Wildman–Crippen MR) is 69.2 cm³/mol. The molecule has 1 rings (SSSR count). The fourth-order valence-corrected chi connectivity index (χ4v) is 1.97. The summed E-state index contributed by atoms with van der Waals surface area (Å²) in [6, 6.07) is 5.55. The SMILES string of the molecule is CNC(=O)NC(=O)CSc1ccc(C)c(C)c1. The molecule has 1 aromatic rings. The van der Waals surface area contributed by atoms with E-state index in [0.29, 0.717) is 0 Å². The number of hydrogen-bond acceptors (Lipinski definition) is 3. The molecule has 4 nitrogen and oxygen atoms in total. The molecule has 0 spiro atoms. The molecule has 0 aliphatic rings. The molecule has 0 saturated carbocycles. The zero-order valence-corrected chi connectivity index (χ0v) is 11.0. The number of carbonyl (C=O) groups excluding carboxylic acids is 2. The molecule has 0 fully saturated rings. The highest BCUT2D eigenvalue weighted by molar-refractivity contribution is 8.00. The maximum absolute atomic E-state index is 11.3. The number of rotatable bonds is 3. The van der Waals surface area contributed by atoms with E-state index in [9.17, 15) is 9.59 Å². The molecular weight excluding hydrogens is 236 g/mol. The minimum Gasteiger partial charge on any atom is -0.341 e. The summed E-state index contributed by atoms with van der Waals surface area (Å²) in [6.07, 6.45) is 0. The number of amides is 3. The van der Waals surface area contributed by atoms with Crippen molar-refractivity contribution in [3.63, 3.8) is 0 Å². The average molecular weight is 252 g/mol. The van der Waals surface area contributed by atoms with Crippen LogP contribution in [-0.2, 0) is 4.79 Å². The molecule has 3 amide bonds. The molecule has 0 aliphatic heterocycles. The predicted octanol–water partition coefficient (Wildman–Crippen LogP) is 1.85. The van der Waals surface area contributed by atoms with Crippen LogP contribution in [0.4, 0.5) is 4.79 Å². The Kier molecular flexibility index (Phi) is 5.03. The van der Waals surface area contributed by atoms with Crippen LogP contribution in [0.5, 0.6) is 0 Å². The van der Waals surface area contributed by atoms with E-state index in [1.165, 1.54) is 29.9 Å². The van der Waals surface area contributed by atoms with Gasteiger partial charge in [-0.25, -0.2) is 4.79 Å². The van der Waals surface area contributed by atoms with Crippen molar-refractivity contribution >= 4 is 23.7 Å². The minimum atomic E-state index is -0.476. The maximum Gasteiger partial charge on any atom is 0.321 e. The van der Waals surface area contributed by atoms with Crippen LogP contribution < -0.4 is 10.6 Å². The summed E-state index contributed by atoms with van der Waals surface area (Å²) in [5, 5.41) is 4.55. The first-order chi connectivity index (χ1) is 8.02. The molecule has 0 atom stereocenters. The molecule has 92 valence electrons. The molecule has 0 radical (unpaired) electrons. The van der Waals surface area contributed by atoms with E-state index in [4.69, 9.17) is 0 Å². The quantitative estimate of drug-likeness (QED) is 0.807. The Morgan fingerprint density at radius 1 is 1.24 bits per heavy atom. The van der Waals surface area contributed by atoms with E-state index in [-0.39, 0.29) is 11.7 Å². The number of imide groups is 1. The van der Waals surface area contributed by atoms with Gasteiger partial charge in [-0.2, -0.15) is 0 Å². The van der Waals surface area contributed by atoms with Crippen molar-refractivity contribution in [1.82, 2.24) is 10.6 Å². The number of benzene rings is 1. The number of urea groups is 1. The van der Waals surface area contributed by atoms with Crippen LogP contribution in [0.2, 0.25) is 0 Å². The number of carbonyl (C=O) groups is 2. The van der Waals surface area contributed by atoms with Gasteiger partial charge in [0.25, 0.3) is 0 Å². The van der Waals surface area contributed by atoms with Crippen molar-refractivity contribution in [1.29, 1.82) is 0 Å². The smallest absolute Gasteiger partial charge is 0.321 e. The summed E-state index contributed by atoms with van der Waals surface area (Å²) in [5.74, 6) is -0.0665. The number of aryl methyl sites for hydroxylation is 2. The van der Waals surface area contributed by atoms with E-state index in [1.807, 2.05) is 32.0 Å². The van der Waals surface area contributed by atoms with Crippen LogP contribution >= 0.6 is 11.8 Å². The standard InChI is InChI=1S/C12H16N2O2S/c1-8-4-5-10(6-9(8)2)17-7-11(15)14-12(16)13-3/h4-6H,7H2,1-3H3,(H2,13,14,15,16). The van der Waals surface area contributed by atoms with Crippen LogP contribution in [0.1, 0.15) is 11.1 Å². The zero-order chi connectivity index (χ0) is 12.8. The molecule has 17 heavy (non-hydrogen) atoms. The van der Waals surface area contributed by atoms with Crippen LogP contribution in [0.3, 0.4) is 0 Å². The first-order valence-corrected chi connectivity index (χ1v) is 6.23. The van der Waals surface area contributed by atoms with Gasteiger partial charge in [0.05, 0.1) is 5.75 Å². The second-order valence-corrected chi connectivity index (χ2v) is 4.71. The van der Waals surface area contributed by atoms with Crippen molar-refractivity contribution in [3.05, 3.63) is 29.3 Å². The Hall–Kier alpha value is -1.49. The first-order valence-electron chi connectivity index (χ1n) is 5.24. The molecule has 0 aliphatic carbocycles. The minimum absolute atomic E-state index is 0.232. The summed E-state index contributed by atoms with van der Waals surface area (Å²) < 4.78 is 0. The van der Waals surface area contributed by atoms with Crippen LogP contribution in [0.25, 0.3) is 0 Å². The molecule has 0 unspecified atom stereocenters. The zero-order valence-electron chi connectivity index (χ0n) is 10.2. The van der Waals surface area contributed by atoms with E-state index in [2.05, 4.69) is 10.6 Å². The lowest BCUT2D eigenvalue weighted by atomic mass is 10.1. The third kappa shape index (κ3) is 4.48. The lowest BCUT2D eigenvalue weighted by Crippen LogP contribution is -2.38. The highest BCUT2D eigenvalue weighted by atomic mass is 32.2. The molecule has 0 bridgehead atoms. The van der Waals surface area contributed by atoms with Crippen molar-refractivity contribution in [2.24, 2.45) is 0 Å². The van der Waals surface area contributed by atoms with Gasteiger partial charge in [0.1, 0.15) is 0 Å². The van der Waals surface area contributed by atoms with E-state index >= 15 is 0 Å². The Bertz CT molecular complexity index is 433. The Morgan fingerprint density at radius 2 is 1.94 bits per heavy atom. The van der Waals surface area contributed by atoms with Crippen LogP contribution in [0, 0.1) is 13.8 Å². The van der Waals surface area contributed by atoms with Gasteiger partial charge in [0, 0.05) is 11.9 Å². The highest BCUT2D eigenvalue weighted by Crippen LogP contribution is 2.20. The van der Waals surface area contributed by atoms with Gasteiger partial charge in [0.15, 0.2) is 0 Å². The molecule has 5 heteroatoms. The second kappa shape index (κ2) is 6.30. The summed E-state index contributed by atoms with van der Waals surface area (Å²) in [7, 11) is 1.47.